The van der Waals surface area contributed by atoms with Crippen LogP contribution in [0.25, 0.3) is 9.40 Å². The number of para-hydroxylation sites is 1. The average molecular weight is 379 g/mol. The molecular formula is C18H19ClN2OS2. The summed E-state index contributed by atoms with van der Waals surface area (Å²) in [5, 5.41) is 3.57. The second kappa shape index (κ2) is 7.66. The Bertz CT molecular complexity index is 826. The van der Waals surface area contributed by atoms with Gasteiger partial charge in [0.1, 0.15) is 4.88 Å². The molecule has 0 unspecified atom stereocenters. The summed E-state index contributed by atoms with van der Waals surface area (Å²) in [5.41, 5.74) is 0.911. The van der Waals surface area contributed by atoms with Crippen LogP contribution < -0.4 is 4.90 Å². The Hall–Kier alpha value is -1.40. The van der Waals surface area contributed by atoms with Crippen molar-refractivity contribution in [2.45, 2.75) is 6.42 Å². The normalized spacial score (nSPS) is 11.3. The van der Waals surface area contributed by atoms with E-state index in [1.54, 1.807) is 11.3 Å². The van der Waals surface area contributed by atoms with E-state index < -0.39 is 0 Å². The molecule has 0 saturated carbocycles. The summed E-state index contributed by atoms with van der Waals surface area (Å²) in [6.45, 7) is 1.60. The molecule has 6 heteroatoms. The fourth-order valence-corrected chi connectivity index (χ4v) is 5.12. The van der Waals surface area contributed by atoms with Gasteiger partial charge in [0, 0.05) is 17.6 Å². The van der Waals surface area contributed by atoms with Crippen molar-refractivity contribution in [2.24, 2.45) is 0 Å². The first-order valence-corrected chi connectivity index (χ1v) is 9.82. The van der Waals surface area contributed by atoms with Crippen LogP contribution in [0.5, 0.6) is 0 Å². The zero-order chi connectivity index (χ0) is 17.1. The Morgan fingerprint density at radius 2 is 1.88 bits per heavy atom. The van der Waals surface area contributed by atoms with Gasteiger partial charge in [-0.1, -0.05) is 29.8 Å². The van der Waals surface area contributed by atoms with Gasteiger partial charge in [0.2, 0.25) is 0 Å². The molecule has 0 aliphatic heterocycles. The molecule has 3 nitrogen and oxygen atoms in total. The zero-order valence-corrected chi connectivity index (χ0v) is 16.0. The Balaban J connectivity index is 1.90. The second-order valence-corrected chi connectivity index (χ2v) is 8.39. The lowest BCUT2D eigenvalue weighted by molar-refractivity contribution is 0.0990. The number of carbonyl (C=O) groups is 1. The maximum absolute atomic E-state index is 13.2. The molecule has 126 valence electrons. The number of hydrogen-bond acceptors (Lipinski definition) is 4. The van der Waals surface area contributed by atoms with E-state index in [2.05, 4.69) is 4.90 Å². The number of benzene rings is 1. The van der Waals surface area contributed by atoms with E-state index in [4.69, 9.17) is 11.6 Å². The van der Waals surface area contributed by atoms with E-state index in [9.17, 15) is 4.79 Å². The predicted molar refractivity (Wildman–Crippen MR) is 106 cm³/mol. The lowest BCUT2D eigenvalue weighted by Crippen LogP contribution is -2.33. The van der Waals surface area contributed by atoms with E-state index in [-0.39, 0.29) is 5.91 Å². The highest BCUT2D eigenvalue weighted by atomic mass is 35.5. The van der Waals surface area contributed by atoms with Gasteiger partial charge in [-0.2, -0.15) is 0 Å². The first-order chi connectivity index (χ1) is 11.6. The Labute approximate surface area is 155 Å². The largest absolute Gasteiger partial charge is 0.309 e. The molecule has 0 aliphatic rings. The lowest BCUT2D eigenvalue weighted by Gasteiger charge is -2.23. The van der Waals surface area contributed by atoms with E-state index in [0.29, 0.717) is 16.4 Å². The number of amides is 1. The molecule has 3 aromatic rings. The lowest BCUT2D eigenvalue weighted by atomic mass is 10.2. The molecule has 0 saturated heterocycles. The van der Waals surface area contributed by atoms with Crippen molar-refractivity contribution in [1.82, 2.24) is 4.90 Å². The second-order valence-electron chi connectivity index (χ2n) is 5.82. The standard InChI is InChI=1S/C18H19ClN2OS2/c1-20(2)10-6-11-21(13-7-4-3-5-8-13)17(22)16-15(19)14-9-12-23-18(14)24-16/h3-5,7-9,12H,6,10-11H2,1-2H3. The molecule has 1 amide bonds. The summed E-state index contributed by atoms with van der Waals surface area (Å²) in [5.74, 6) is -0.0154. The monoisotopic (exact) mass is 378 g/mol. The predicted octanol–water partition coefficient (Wildman–Crippen LogP) is 5.21. The fourth-order valence-electron chi connectivity index (χ4n) is 2.56. The molecule has 0 N–H and O–H groups in total. The van der Waals surface area contributed by atoms with Crippen LogP contribution in [0, 0.1) is 0 Å². The third kappa shape index (κ3) is 3.64. The summed E-state index contributed by atoms with van der Waals surface area (Å²) >= 11 is 9.58. The van der Waals surface area contributed by atoms with Crippen LogP contribution in [0.3, 0.4) is 0 Å². The van der Waals surface area contributed by atoms with Crippen molar-refractivity contribution >= 4 is 55.3 Å². The fraction of sp³-hybridized carbons (Fsp3) is 0.278. The third-order valence-corrected chi connectivity index (χ3v) is 6.49. The Morgan fingerprint density at radius 1 is 1.12 bits per heavy atom. The van der Waals surface area contributed by atoms with Crippen molar-refractivity contribution in [3.05, 3.63) is 51.7 Å². The van der Waals surface area contributed by atoms with Crippen molar-refractivity contribution < 1.29 is 4.79 Å². The van der Waals surface area contributed by atoms with Crippen LogP contribution in [0.15, 0.2) is 41.8 Å². The number of anilines is 1. The smallest absolute Gasteiger partial charge is 0.269 e. The van der Waals surface area contributed by atoms with Gasteiger partial charge in [0.05, 0.1) is 9.04 Å². The molecule has 0 radical (unpaired) electrons. The zero-order valence-electron chi connectivity index (χ0n) is 13.7. The highest BCUT2D eigenvalue weighted by Crippen LogP contribution is 2.39. The van der Waals surface area contributed by atoms with E-state index in [1.807, 2.05) is 60.8 Å². The first kappa shape index (κ1) is 17.4. The van der Waals surface area contributed by atoms with E-state index in [0.717, 1.165) is 28.1 Å². The van der Waals surface area contributed by atoms with Crippen LogP contribution >= 0.6 is 34.3 Å². The van der Waals surface area contributed by atoms with Crippen LogP contribution in [0.1, 0.15) is 16.1 Å². The quantitative estimate of drug-likeness (QED) is 0.587. The van der Waals surface area contributed by atoms with Crippen LogP contribution in [0.2, 0.25) is 5.02 Å². The van der Waals surface area contributed by atoms with Crippen LogP contribution in [0.4, 0.5) is 5.69 Å². The minimum atomic E-state index is -0.0154. The van der Waals surface area contributed by atoms with Gasteiger partial charge in [-0.15, -0.1) is 22.7 Å². The van der Waals surface area contributed by atoms with Gasteiger partial charge in [0.25, 0.3) is 5.91 Å². The topological polar surface area (TPSA) is 23.6 Å². The minimum Gasteiger partial charge on any atom is -0.309 e. The molecule has 2 aromatic heterocycles. The minimum absolute atomic E-state index is 0.0154. The summed E-state index contributed by atoms with van der Waals surface area (Å²) in [4.78, 5) is 17.7. The SMILES string of the molecule is CN(C)CCCN(C(=O)c1sc2sccc2c1Cl)c1ccccc1. The summed E-state index contributed by atoms with van der Waals surface area (Å²) in [6.07, 6.45) is 0.908. The van der Waals surface area contributed by atoms with Gasteiger partial charge in [0.15, 0.2) is 0 Å². The molecule has 0 aliphatic carbocycles. The summed E-state index contributed by atoms with van der Waals surface area (Å²) in [6, 6.07) is 11.8. The Morgan fingerprint density at radius 3 is 2.54 bits per heavy atom. The van der Waals surface area contributed by atoms with Gasteiger partial charge >= 0.3 is 0 Å². The Kier molecular flexibility index (Phi) is 5.56. The number of hydrogen-bond donors (Lipinski definition) is 0. The molecule has 0 bridgehead atoms. The average Bonchev–Trinajstić information content (AvgIpc) is 3.15. The maximum Gasteiger partial charge on any atom is 0.269 e. The van der Waals surface area contributed by atoms with Crippen LogP contribution in [-0.4, -0.2) is 38.0 Å². The van der Waals surface area contributed by atoms with Crippen molar-refractivity contribution in [3.8, 4) is 0 Å². The number of thiophene rings is 2. The molecule has 0 spiro atoms. The third-order valence-electron chi connectivity index (χ3n) is 3.75. The molecule has 0 atom stereocenters. The van der Waals surface area contributed by atoms with Gasteiger partial charge in [-0.25, -0.2) is 0 Å². The highest BCUT2D eigenvalue weighted by molar-refractivity contribution is 7.38. The van der Waals surface area contributed by atoms with Crippen molar-refractivity contribution in [3.63, 3.8) is 0 Å². The van der Waals surface area contributed by atoms with Gasteiger partial charge < -0.3 is 9.80 Å². The number of carbonyl (C=O) groups excluding carboxylic acids is 1. The molecular weight excluding hydrogens is 360 g/mol. The maximum atomic E-state index is 13.2. The number of halogens is 1. The summed E-state index contributed by atoms with van der Waals surface area (Å²) in [7, 11) is 4.08. The van der Waals surface area contributed by atoms with E-state index in [1.165, 1.54) is 11.3 Å². The van der Waals surface area contributed by atoms with Crippen molar-refractivity contribution in [2.75, 3.05) is 32.1 Å². The number of nitrogens with zero attached hydrogens (tertiary/aromatic N) is 2. The molecule has 3 rings (SSSR count). The van der Waals surface area contributed by atoms with Gasteiger partial charge in [-0.3, -0.25) is 4.79 Å². The van der Waals surface area contributed by atoms with Crippen molar-refractivity contribution in [1.29, 1.82) is 0 Å². The van der Waals surface area contributed by atoms with E-state index >= 15 is 0 Å². The highest BCUT2D eigenvalue weighted by Gasteiger charge is 2.24. The number of fused-ring (bicyclic) bond motifs is 1. The first-order valence-electron chi connectivity index (χ1n) is 7.75. The molecule has 2 heterocycles. The van der Waals surface area contributed by atoms with Gasteiger partial charge in [-0.05, 0) is 50.6 Å². The molecule has 1 aromatic carbocycles. The molecule has 24 heavy (non-hydrogen) atoms. The van der Waals surface area contributed by atoms with Crippen LogP contribution in [-0.2, 0) is 0 Å². The molecule has 0 fully saturated rings. The number of rotatable bonds is 6. The summed E-state index contributed by atoms with van der Waals surface area (Å²) < 4.78 is 1.10.